The van der Waals surface area contributed by atoms with E-state index in [0.717, 1.165) is 38.1 Å². The standard InChI is InChI=1S/C17H27NO2/c1-4-20-16-6-5-9-18(11-16)12-17(19)15-8-7-13(2)14(3)10-15/h7-8,10,16-17,19H,4-6,9,11-12H2,1-3H3. The average molecular weight is 277 g/mol. The van der Waals surface area contributed by atoms with Crippen molar-refractivity contribution in [2.24, 2.45) is 0 Å². The van der Waals surface area contributed by atoms with Crippen LogP contribution in [0.3, 0.4) is 0 Å². The minimum absolute atomic E-state index is 0.334. The molecule has 1 aromatic rings. The van der Waals surface area contributed by atoms with Gasteiger partial charge < -0.3 is 9.84 Å². The Balaban J connectivity index is 1.93. The quantitative estimate of drug-likeness (QED) is 0.898. The molecule has 3 nitrogen and oxygen atoms in total. The Morgan fingerprint density at radius 2 is 2.15 bits per heavy atom. The molecule has 1 heterocycles. The van der Waals surface area contributed by atoms with Crippen LogP contribution in [0.15, 0.2) is 18.2 Å². The van der Waals surface area contributed by atoms with Crippen molar-refractivity contribution < 1.29 is 9.84 Å². The molecule has 0 spiro atoms. The van der Waals surface area contributed by atoms with Crippen molar-refractivity contribution >= 4 is 0 Å². The number of piperidine rings is 1. The van der Waals surface area contributed by atoms with Gasteiger partial charge in [-0.25, -0.2) is 0 Å². The number of hydrogen-bond acceptors (Lipinski definition) is 3. The van der Waals surface area contributed by atoms with Crippen molar-refractivity contribution in [1.82, 2.24) is 4.90 Å². The normalized spacial score (nSPS) is 21.9. The third-order valence-electron chi connectivity index (χ3n) is 4.21. The van der Waals surface area contributed by atoms with E-state index in [4.69, 9.17) is 4.74 Å². The van der Waals surface area contributed by atoms with Crippen LogP contribution in [-0.4, -0.2) is 42.4 Å². The van der Waals surface area contributed by atoms with Crippen LogP contribution in [0.5, 0.6) is 0 Å². The maximum Gasteiger partial charge on any atom is 0.0917 e. The third kappa shape index (κ3) is 4.05. The lowest BCUT2D eigenvalue weighted by molar-refractivity contribution is -0.00706. The van der Waals surface area contributed by atoms with E-state index in [-0.39, 0.29) is 0 Å². The number of hydrogen-bond donors (Lipinski definition) is 1. The maximum absolute atomic E-state index is 10.4. The summed E-state index contributed by atoms with van der Waals surface area (Å²) in [6, 6.07) is 6.23. The molecule has 0 bridgehead atoms. The van der Waals surface area contributed by atoms with Gasteiger partial charge in [-0.3, -0.25) is 4.90 Å². The van der Waals surface area contributed by atoms with Crippen molar-refractivity contribution in [2.75, 3.05) is 26.2 Å². The molecule has 0 radical (unpaired) electrons. The summed E-state index contributed by atoms with van der Waals surface area (Å²) in [5, 5.41) is 10.4. The molecule has 1 saturated heterocycles. The smallest absolute Gasteiger partial charge is 0.0917 e. The van der Waals surface area contributed by atoms with Gasteiger partial charge in [0, 0.05) is 19.7 Å². The molecule has 0 amide bonds. The lowest BCUT2D eigenvalue weighted by atomic mass is 10.0. The number of aliphatic hydroxyl groups is 1. The predicted octanol–water partition coefficient (Wildman–Crippen LogP) is 2.84. The van der Waals surface area contributed by atoms with E-state index in [2.05, 4.69) is 30.9 Å². The average Bonchev–Trinajstić information content (AvgIpc) is 2.42. The summed E-state index contributed by atoms with van der Waals surface area (Å²) in [7, 11) is 0. The van der Waals surface area contributed by atoms with Gasteiger partial charge >= 0.3 is 0 Å². The second-order valence-corrected chi connectivity index (χ2v) is 5.84. The van der Waals surface area contributed by atoms with Gasteiger partial charge in [-0.15, -0.1) is 0 Å². The van der Waals surface area contributed by atoms with Crippen molar-refractivity contribution in [3.8, 4) is 0 Å². The Morgan fingerprint density at radius 3 is 2.85 bits per heavy atom. The number of nitrogens with zero attached hydrogens (tertiary/aromatic N) is 1. The molecule has 0 aliphatic carbocycles. The second kappa shape index (κ2) is 7.21. The van der Waals surface area contributed by atoms with Gasteiger partial charge in [-0.05, 0) is 56.8 Å². The third-order valence-corrected chi connectivity index (χ3v) is 4.21. The lowest BCUT2D eigenvalue weighted by Gasteiger charge is -2.33. The Morgan fingerprint density at radius 1 is 1.35 bits per heavy atom. The van der Waals surface area contributed by atoms with Gasteiger partial charge in [-0.1, -0.05) is 18.2 Å². The zero-order valence-electron chi connectivity index (χ0n) is 12.9. The van der Waals surface area contributed by atoms with E-state index in [0.29, 0.717) is 12.6 Å². The molecule has 3 heteroatoms. The Kier molecular flexibility index (Phi) is 5.58. The molecule has 2 unspecified atom stereocenters. The van der Waals surface area contributed by atoms with E-state index in [1.165, 1.54) is 11.1 Å². The molecule has 1 fully saturated rings. The van der Waals surface area contributed by atoms with Crippen LogP contribution in [0.1, 0.15) is 42.6 Å². The largest absolute Gasteiger partial charge is 0.387 e. The summed E-state index contributed by atoms with van der Waals surface area (Å²) in [5.74, 6) is 0. The zero-order valence-corrected chi connectivity index (χ0v) is 12.9. The zero-order chi connectivity index (χ0) is 14.5. The van der Waals surface area contributed by atoms with Crippen molar-refractivity contribution in [1.29, 1.82) is 0 Å². The van der Waals surface area contributed by atoms with Crippen LogP contribution >= 0.6 is 0 Å². The first-order chi connectivity index (χ1) is 9.60. The second-order valence-electron chi connectivity index (χ2n) is 5.84. The van der Waals surface area contributed by atoms with E-state index in [1.54, 1.807) is 0 Å². The van der Waals surface area contributed by atoms with E-state index >= 15 is 0 Å². The molecule has 20 heavy (non-hydrogen) atoms. The van der Waals surface area contributed by atoms with Crippen LogP contribution in [0.25, 0.3) is 0 Å². The molecule has 1 aliphatic heterocycles. The minimum atomic E-state index is -0.408. The van der Waals surface area contributed by atoms with Gasteiger partial charge in [0.05, 0.1) is 12.2 Å². The van der Waals surface area contributed by atoms with Gasteiger partial charge in [-0.2, -0.15) is 0 Å². The van der Waals surface area contributed by atoms with Crippen molar-refractivity contribution in [3.63, 3.8) is 0 Å². The highest BCUT2D eigenvalue weighted by atomic mass is 16.5. The summed E-state index contributed by atoms with van der Waals surface area (Å²) in [6.45, 7) is 9.72. The molecular formula is C17H27NO2. The van der Waals surface area contributed by atoms with E-state index < -0.39 is 6.10 Å². The number of aryl methyl sites for hydroxylation is 2. The van der Waals surface area contributed by atoms with Crippen LogP contribution < -0.4 is 0 Å². The van der Waals surface area contributed by atoms with Crippen LogP contribution in [0.2, 0.25) is 0 Å². The predicted molar refractivity (Wildman–Crippen MR) is 82.0 cm³/mol. The van der Waals surface area contributed by atoms with Gasteiger partial charge in [0.25, 0.3) is 0 Å². The fourth-order valence-corrected chi connectivity index (χ4v) is 2.87. The molecule has 0 saturated carbocycles. The number of benzene rings is 1. The molecule has 1 N–H and O–H groups in total. The van der Waals surface area contributed by atoms with Gasteiger partial charge in [0.1, 0.15) is 0 Å². The van der Waals surface area contributed by atoms with E-state index in [1.807, 2.05) is 13.0 Å². The molecule has 1 aliphatic rings. The fourth-order valence-electron chi connectivity index (χ4n) is 2.87. The summed E-state index contributed by atoms with van der Waals surface area (Å²) in [4.78, 5) is 2.32. The number of ether oxygens (including phenoxy) is 1. The van der Waals surface area contributed by atoms with Crippen molar-refractivity contribution in [3.05, 3.63) is 34.9 Å². The summed E-state index contributed by atoms with van der Waals surface area (Å²) < 4.78 is 5.71. The lowest BCUT2D eigenvalue weighted by Crippen LogP contribution is -2.41. The highest BCUT2D eigenvalue weighted by molar-refractivity contribution is 5.31. The Bertz CT molecular complexity index is 431. The molecule has 2 atom stereocenters. The number of β-amino-alcohol motifs (C(OH)–C–C–N with tert-alkyl or cyclic N) is 1. The fraction of sp³-hybridized carbons (Fsp3) is 0.647. The molecule has 112 valence electrons. The summed E-state index contributed by atoms with van der Waals surface area (Å²) in [6.07, 6.45) is 2.23. The maximum atomic E-state index is 10.4. The highest BCUT2D eigenvalue weighted by Gasteiger charge is 2.22. The van der Waals surface area contributed by atoms with Crippen LogP contribution in [-0.2, 0) is 4.74 Å². The van der Waals surface area contributed by atoms with Gasteiger partial charge in [0.2, 0.25) is 0 Å². The molecule has 0 aromatic heterocycles. The minimum Gasteiger partial charge on any atom is -0.387 e. The molecular weight excluding hydrogens is 250 g/mol. The van der Waals surface area contributed by atoms with Crippen LogP contribution in [0, 0.1) is 13.8 Å². The topological polar surface area (TPSA) is 32.7 Å². The highest BCUT2D eigenvalue weighted by Crippen LogP contribution is 2.20. The first-order valence-corrected chi connectivity index (χ1v) is 7.69. The number of rotatable bonds is 5. The van der Waals surface area contributed by atoms with Gasteiger partial charge in [0.15, 0.2) is 0 Å². The molecule has 2 rings (SSSR count). The van der Waals surface area contributed by atoms with Crippen LogP contribution in [0.4, 0.5) is 0 Å². The monoisotopic (exact) mass is 277 g/mol. The SMILES string of the molecule is CCOC1CCCN(CC(O)c2ccc(C)c(C)c2)C1. The summed E-state index contributed by atoms with van der Waals surface area (Å²) in [5.41, 5.74) is 3.54. The Hall–Kier alpha value is -0.900. The first kappa shape index (κ1) is 15.5. The number of aliphatic hydroxyl groups excluding tert-OH is 1. The number of likely N-dealkylation sites (tertiary alicyclic amines) is 1. The summed E-state index contributed by atoms with van der Waals surface area (Å²) >= 11 is 0. The van der Waals surface area contributed by atoms with E-state index in [9.17, 15) is 5.11 Å². The first-order valence-electron chi connectivity index (χ1n) is 7.69. The molecule has 1 aromatic carbocycles. The Labute approximate surface area is 122 Å². The van der Waals surface area contributed by atoms with Crippen molar-refractivity contribution in [2.45, 2.75) is 45.8 Å².